The minimum absolute atomic E-state index is 0.239. The van der Waals surface area contributed by atoms with Gasteiger partial charge in [-0.25, -0.2) is 9.07 Å². The molecule has 0 aliphatic heterocycles. The molecule has 0 radical (unpaired) electrons. The van der Waals surface area contributed by atoms with Gasteiger partial charge in [-0.3, -0.25) is 9.78 Å². The van der Waals surface area contributed by atoms with Crippen molar-refractivity contribution in [3.8, 4) is 0 Å². The molecule has 3 aromatic rings. The van der Waals surface area contributed by atoms with Crippen LogP contribution in [0.25, 0.3) is 11.0 Å². The molecule has 1 aromatic carbocycles. The summed E-state index contributed by atoms with van der Waals surface area (Å²) >= 11 is 0. The molecular weight excluding hydrogens is 333 g/mol. The maximum atomic E-state index is 13.5. The Bertz CT molecular complexity index is 997. The second-order valence-corrected chi connectivity index (χ2v) is 8.13. The predicted octanol–water partition coefficient (Wildman–Crippen LogP) is 3.40. The Morgan fingerprint density at radius 2 is 1.96 bits per heavy atom. The Morgan fingerprint density at radius 3 is 2.62 bits per heavy atom. The number of rotatable bonds is 4. The molecule has 6 nitrogen and oxygen atoms in total. The van der Waals surface area contributed by atoms with E-state index in [2.05, 4.69) is 20.4 Å². The Hall–Kier alpha value is -2.70. The monoisotopic (exact) mass is 357 g/mol. The zero-order valence-corrected chi connectivity index (χ0v) is 15.7. The van der Waals surface area contributed by atoms with E-state index < -0.39 is 0 Å². The molecule has 0 aliphatic rings. The first-order valence-electron chi connectivity index (χ1n) is 8.56. The summed E-state index contributed by atoms with van der Waals surface area (Å²) in [5.41, 5.74) is 0.526. The van der Waals surface area contributed by atoms with Gasteiger partial charge in [0.2, 0.25) is 5.95 Å². The maximum Gasteiger partial charge on any atom is 0.263 e. The molecule has 138 valence electrons. The number of aromatic nitrogens is 4. The number of fused-ring (bicyclic) bond motifs is 1. The molecule has 2 aromatic heterocycles. The van der Waals surface area contributed by atoms with Crippen LogP contribution in [0, 0.1) is 5.82 Å². The lowest BCUT2D eigenvalue weighted by molar-refractivity contribution is 0.366. The lowest BCUT2D eigenvalue weighted by Crippen LogP contribution is -2.29. The molecule has 0 spiro atoms. The maximum absolute atomic E-state index is 13.5. The summed E-state index contributed by atoms with van der Waals surface area (Å²) in [4.78, 5) is 19.6. The first-order valence-corrected chi connectivity index (χ1v) is 8.56. The lowest BCUT2D eigenvalue weighted by atomic mass is 9.84. The number of halogens is 1. The van der Waals surface area contributed by atoms with Gasteiger partial charge >= 0.3 is 0 Å². The molecular formula is C19H24FN5O. The average Bonchev–Trinajstić information content (AvgIpc) is 2.98. The highest BCUT2D eigenvalue weighted by Gasteiger charge is 2.23. The second kappa shape index (κ2) is 6.23. The molecule has 0 unspecified atom stereocenters. The van der Waals surface area contributed by atoms with Crippen LogP contribution < -0.4 is 10.9 Å². The standard InChI is InChI=1S/C19H24FN5O/c1-18(2,3)25-15-14(10-22-25)16(26)24-17(23-15)21-11-19(4,5)12-7-6-8-13(20)9-12/h6-10H,11H2,1-5H3,(H2,21,23,24,26). The van der Waals surface area contributed by atoms with E-state index in [1.165, 1.54) is 18.3 Å². The molecule has 0 saturated heterocycles. The summed E-state index contributed by atoms with van der Waals surface area (Å²) in [5, 5.41) is 7.93. The number of H-pyrrole nitrogens is 1. The van der Waals surface area contributed by atoms with E-state index >= 15 is 0 Å². The molecule has 2 N–H and O–H groups in total. The molecule has 0 atom stereocenters. The summed E-state index contributed by atoms with van der Waals surface area (Å²) in [7, 11) is 0. The van der Waals surface area contributed by atoms with Crippen molar-refractivity contribution in [3.05, 3.63) is 52.2 Å². The van der Waals surface area contributed by atoms with E-state index in [-0.39, 0.29) is 22.3 Å². The van der Waals surface area contributed by atoms with E-state index in [0.717, 1.165) is 5.56 Å². The number of nitrogens with one attached hydrogen (secondary N) is 2. The van der Waals surface area contributed by atoms with Gasteiger partial charge in [0.15, 0.2) is 5.65 Å². The Balaban J connectivity index is 1.90. The summed E-state index contributed by atoms with van der Waals surface area (Å²) < 4.78 is 15.3. The van der Waals surface area contributed by atoms with Gasteiger partial charge in [0.05, 0.1) is 11.7 Å². The molecule has 2 heterocycles. The van der Waals surface area contributed by atoms with E-state index in [9.17, 15) is 9.18 Å². The van der Waals surface area contributed by atoms with Crippen LogP contribution in [-0.4, -0.2) is 26.3 Å². The summed E-state index contributed by atoms with van der Waals surface area (Å²) in [5.74, 6) is 0.107. The van der Waals surface area contributed by atoms with E-state index in [0.29, 0.717) is 23.5 Å². The van der Waals surface area contributed by atoms with Crippen molar-refractivity contribution in [2.45, 2.75) is 45.6 Å². The van der Waals surface area contributed by atoms with Crippen molar-refractivity contribution in [2.24, 2.45) is 0 Å². The van der Waals surface area contributed by atoms with E-state index in [4.69, 9.17) is 0 Å². The predicted molar refractivity (Wildman–Crippen MR) is 101 cm³/mol. The quantitative estimate of drug-likeness (QED) is 0.750. The van der Waals surface area contributed by atoms with Crippen LogP contribution in [0.15, 0.2) is 35.3 Å². The topological polar surface area (TPSA) is 75.6 Å². The van der Waals surface area contributed by atoms with E-state index in [1.54, 1.807) is 10.7 Å². The van der Waals surface area contributed by atoms with Crippen LogP contribution in [0.4, 0.5) is 10.3 Å². The van der Waals surface area contributed by atoms with Crippen molar-refractivity contribution in [1.29, 1.82) is 0 Å². The fourth-order valence-electron chi connectivity index (χ4n) is 2.81. The molecule has 0 aliphatic carbocycles. The second-order valence-electron chi connectivity index (χ2n) is 8.13. The van der Waals surface area contributed by atoms with Crippen molar-refractivity contribution in [3.63, 3.8) is 0 Å². The highest BCUT2D eigenvalue weighted by molar-refractivity contribution is 5.74. The van der Waals surface area contributed by atoms with Gasteiger partial charge in [-0.15, -0.1) is 0 Å². The van der Waals surface area contributed by atoms with Crippen molar-refractivity contribution >= 4 is 17.0 Å². The van der Waals surface area contributed by atoms with Gasteiger partial charge in [-0.05, 0) is 38.5 Å². The Labute approximate surface area is 151 Å². The third kappa shape index (κ3) is 3.47. The first-order chi connectivity index (χ1) is 12.1. The Kier molecular flexibility index (Phi) is 4.34. The highest BCUT2D eigenvalue weighted by Crippen LogP contribution is 2.24. The van der Waals surface area contributed by atoms with Crippen LogP contribution in [0.5, 0.6) is 0 Å². The van der Waals surface area contributed by atoms with Gasteiger partial charge in [0.25, 0.3) is 5.56 Å². The highest BCUT2D eigenvalue weighted by atomic mass is 19.1. The van der Waals surface area contributed by atoms with Gasteiger partial charge < -0.3 is 5.32 Å². The first kappa shape index (κ1) is 18.1. The molecule has 0 bridgehead atoms. The van der Waals surface area contributed by atoms with Crippen molar-refractivity contribution < 1.29 is 4.39 Å². The fraction of sp³-hybridized carbons (Fsp3) is 0.421. The van der Waals surface area contributed by atoms with Crippen LogP contribution in [-0.2, 0) is 11.0 Å². The molecule has 7 heteroatoms. The third-order valence-corrected chi connectivity index (χ3v) is 4.38. The lowest BCUT2D eigenvalue weighted by Gasteiger charge is -2.26. The van der Waals surface area contributed by atoms with Gasteiger partial charge in [0.1, 0.15) is 11.2 Å². The average molecular weight is 357 g/mol. The summed E-state index contributed by atoms with van der Waals surface area (Å²) in [6.07, 6.45) is 1.53. The van der Waals surface area contributed by atoms with Crippen molar-refractivity contribution in [2.75, 3.05) is 11.9 Å². The third-order valence-electron chi connectivity index (χ3n) is 4.38. The van der Waals surface area contributed by atoms with E-state index in [1.807, 2.05) is 40.7 Å². The minimum Gasteiger partial charge on any atom is -0.355 e. The van der Waals surface area contributed by atoms with Crippen LogP contribution in [0.2, 0.25) is 0 Å². The normalized spacial score (nSPS) is 12.5. The van der Waals surface area contributed by atoms with Gasteiger partial charge in [-0.1, -0.05) is 26.0 Å². The van der Waals surface area contributed by atoms with Gasteiger partial charge in [0, 0.05) is 12.0 Å². The van der Waals surface area contributed by atoms with Crippen LogP contribution >= 0.6 is 0 Å². The number of anilines is 1. The molecule has 0 fully saturated rings. The fourth-order valence-corrected chi connectivity index (χ4v) is 2.81. The molecule has 26 heavy (non-hydrogen) atoms. The number of aromatic amines is 1. The smallest absolute Gasteiger partial charge is 0.263 e. The molecule has 0 amide bonds. The number of nitrogens with zero attached hydrogens (tertiary/aromatic N) is 3. The summed E-state index contributed by atoms with van der Waals surface area (Å²) in [6, 6.07) is 6.53. The summed E-state index contributed by atoms with van der Waals surface area (Å²) in [6.45, 7) is 10.5. The van der Waals surface area contributed by atoms with Gasteiger partial charge in [-0.2, -0.15) is 10.1 Å². The Morgan fingerprint density at radius 1 is 1.23 bits per heavy atom. The number of benzene rings is 1. The minimum atomic E-state index is -0.347. The largest absolute Gasteiger partial charge is 0.355 e. The molecule has 3 rings (SSSR count). The molecule has 0 saturated carbocycles. The zero-order chi connectivity index (χ0) is 19.1. The zero-order valence-electron chi connectivity index (χ0n) is 15.7. The number of hydrogen-bond donors (Lipinski definition) is 2. The number of hydrogen-bond acceptors (Lipinski definition) is 4. The van der Waals surface area contributed by atoms with Crippen LogP contribution in [0.3, 0.4) is 0 Å². The SMILES string of the molecule is CC(C)(CNc1nc2c(cnn2C(C)(C)C)c(=O)[nH]1)c1cccc(F)c1. The van der Waals surface area contributed by atoms with Crippen LogP contribution in [0.1, 0.15) is 40.2 Å². The van der Waals surface area contributed by atoms with Crippen molar-refractivity contribution in [1.82, 2.24) is 19.7 Å².